The summed E-state index contributed by atoms with van der Waals surface area (Å²) in [6, 6.07) is 58.3. The molecule has 0 saturated heterocycles. The third kappa shape index (κ3) is 4.03. The Labute approximate surface area is 290 Å². The molecule has 0 amide bonds. The number of thiophene rings is 1. The van der Waals surface area contributed by atoms with Gasteiger partial charge in [0.15, 0.2) is 5.58 Å². The smallest absolute Gasteiger partial charge is 0.159 e. The number of hydrogen-bond donors (Lipinski definition) is 0. The second-order valence-corrected chi connectivity index (χ2v) is 13.9. The highest BCUT2D eigenvalue weighted by Crippen LogP contribution is 2.48. The van der Waals surface area contributed by atoms with Crippen LogP contribution < -0.4 is 4.90 Å². The van der Waals surface area contributed by atoms with Gasteiger partial charge in [0.1, 0.15) is 16.7 Å². The highest BCUT2D eigenvalue weighted by Gasteiger charge is 2.23. The van der Waals surface area contributed by atoms with Gasteiger partial charge in [0.25, 0.3) is 0 Å². The van der Waals surface area contributed by atoms with Gasteiger partial charge < -0.3 is 13.7 Å². The van der Waals surface area contributed by atoms with E-state index >= 15 is 0 Å². The fraction of sp³-hybridized carbons (Fsp3) is 0. The van der Waals surface area contributed by atoms with Gasteiger partial charge in [0.05, 0.1) is 11.4 Å². The van der Waals surface area contributed by atoms with Gasteiger partial charge in [-0.2, -0.15) is 0 Å². The minimum Gasteiger partial charge on any atom is -0.456 e. The van der Waals surface area contributed by atoms with E-state index in [4.69, 9.17) is 8.83 Å². The first-order valence-corrected chi connectivity index (χ1v) is 17.7. The van der Waals surface area contributed by atoms with E-state index < -0.39 is 0 Å². The van der Waals surface area contributed by atoms with Crippen molar-refractivity contribution in [3.63, 3.8) is 0 Å². The number of nitrogens with zero attached hydrogens (tertiary/aromatic N) is 1. The second kappa shape index (κ2) is 10.6. The molecule has 0 spiro atoms. The first-order chi connectivity index (χ1) is 24.8. The molecule has 0 aliphatic heterocycles. The van der Waals surface area contributed by atoms with Crippen LogP contribution in [0.1, 0.15) is 0 Å². The molecule has 11 aromatic rings. The van der Waals surface area contributed by atoms with Crippen molar-refractivity contribution in [1.29, 1.82) is 0 Å². The highest BCUT2D eigenvalue weighted by atomic mass is 32.1. The molecule has 0 aliphatic rings. The Balaban J connectivity index is 1.13. The standard InChI is InChI=1S/C46H27NO2S/c1-2-10-32-29(9-1)21-26-36-35-13-7-15-39(46(35)49-45(32)36)47(38-14-8-18-43-44(38)37-12-4-6-17-42(37)50-43)31-23-19-28(20-24-31)30-22-25-34-33-11-3-5-16-40(33)48-41(34)27-30/h1-27H. The van der Waals surface area contributed by atoms with E-state index in [9.17, 15) is 0 Å². The van der Waals surface area contributed by atoms with Gasteiger partial charge in [0.2, 0.25) is 0 Å². The van der Waals surface area contributed by atoms with Gasteiger partial charge >= 0.3 is 0 Å². The molecule has 0 fully saturated rings. The van der Waals surface area contributed by atoms with Gasteiger partial charge in [-0.3, -0.25) is 0 Å². The molecule has 3 heterocycles. The minimum atomic E-state index is 0.870. The molecule has 3 nitrogen and oxygen atoms in total. The van der Waals surface area contributed by atoms with Crippen LogP contribution in [0.5, 0.6) is 0 Å². The van der Waals surface area contributed by atoms with Gasteiger partial charge in [0, 0.05) is 52.8 Å². The van der Waals surface area contributed by atoms with Crippen molar-refractivity contribution in [2.45, 2.75) is 0 Å². The van der Waals surface area contributed by atoms with Crippen LogP contribution in [0.3, 0.4) is 0 Å². The molecule has 3 aromatic heterocycles. The monoisotopic (exact) mass is 657 g/mol. The van der Waals surface area contributed by atoms with Crippen LogP contribution in [0.25, 0.3) is 85.9 Å². The van der Waals surface area contributed by atoms with Crippen LogP contribution in [-0.4, -0.2) is 0 Å². The third-order valence-corrected chi connectivity index (χ3v) is 11.2. The fourth-order valence-corrected chi connectivity index (χ4v) is 8.87. The van der Waals surface area contributed by atoms with Crippen molar-refractivity contribution in [2.24, 2.45) is 0 Å². The average Bonchev–Trinajstić information content (AvgIpc) is 3.87. The fourth-order valence-electron chi connectivity index (χ4n) is 7.75. The molecular formula is C46H27NO2S. The van der Waals surface area contributed by atoms with Gasteiger partial charge in [-0.05, 0) is 77.2 Å². The van der Waals surface area contributed by atoms with E-state index in [1.54, 1.807) is 0 Å². The van der Waals surface area contributed by atoms with Crippen LogP contribution in [0, 0.1) is 0 Å². The summed E-state index contributed by atoms with van der Waals surface area (Å²) in [5, 5.41) is 9.29. The normalized spacial score (nSPS) is 12.0. The summed E-state index contributed by atoms with van der Waals surface area (Å²) in [7, 11) is 0. The van der Waals surface area contributed by atoms with Crippen LogP contribution in [0.2, 0.25) is 0 Å². The Morgan fingerprint density at radius 2 is 1.06 bits per heavy atom. The largest absolute Gasteiger partial charge is 0.456 e. The zero-order valence-corrected chi connectivity index (χ0v) is 27.6. The van der Waals surface area contributed by atoms with Crippen molar-refractivity contribution in [1.82, 2.24) is 0 Å². The first kappa shape index (κ1) is 27.6. The summed E-state index contributed by atoms with van der Waals surface area (Å²) in [5.74, 6) is 0. The Hall–Kier alpha value is -6.36. The molecule has 0 N–H and O–H groups in total. The third-order valence-electron chi connectivity index (χ3n) is 10.1. The van der Waals surface area contributed by atoms with Gasteiger partial charge in [-0.15, -0.1) is 11.3 Å². The molecule has 0 unspecified atom stereocenters. The number of fused-ring (bicyclic) bond motifs is 11. The Morgan fingerprint density at radius 3 is 1.98 bits per heavy atom. The molecule has 0 radical (unpaired) electrons. The van der Waals surface area contributed by atoms with E-state index in [2.05, 4.69) is 157 Å². The first-order valence-electron chi connectivity index (χ1n) is 16.8. The molecule has 8 aromatic carbocycles. The Kier molecular flexibility index (Phi) is 5.83. The number of hydrogen-bond acceptors (Lipinski definition) is 4. The molecule has 0 bridgehead atoms. The number of para-hydroxylation sites is 2. The summed E-state index contributed by atoms with van der Waals surface area (Å²) in [5.41, 5.74) is 9.02. The Bertz CT molecular complexity index is 3110. The van der Waals surface area contributed by atoms with Crippen LogP contribution in [-0.2, 0) is 0 Å². The summed E-state index contributed by atoms with van der Waals surface area (Å²) < 4.78 is 15.7. The number of benzene rings is 8. The van der Waals surface area contributed by atoms with Crippen molar-refractivity contribution < 1.29 is 8.83 Å². The lowest BCUT2D eigenvalue weighted by Crippen LogP contribution is -2.10. The molecule has 0 saturated carbocycles. The second-order valence-electron chi connectivity index (χ2n) is 12.9. The van der Waals surface area contributed by atoms with Crippen LogP contribution >= 0.6 is 11.3 Å². The minimum absolute atomic E-state index is 0.870. The average molecular weight is 658 g/mol. The van der Waals surface area contributed by atoms with E-state index in [-0.39, 0.29) is 0 Å². The zero-order valence-electron chi connectivity index (χ0n) is 26.8. The summed E-state index contributed by atoms with van der Waals surface area (Å²) >= 11 is 1.84. The maximum atomic E-state index is 6.91. The van der Waals surface area contributed by atoms with Crippen LogP contribution in [0.15, 0.2) is 173 Å². The quantitative estimate of drug-likeness (QED) is 0.189. The Morgan fingerprint density at radius 1 is 0.400 bits per heavy atom. The summed E-state index contributed by atoms with van der Waals surface area (Å²) in [6.45, 7) is 0. The topological polar surface area (TPSA) is 29.5 Å². The maximum absolute atomic E-state index is 6.91. The number of rotatable bonds is 4. The molecule has 50 heavy (non-hydrogen) atoms. The summed E-state index contributed by atoms with van der Waals surface area (Å²) in [4.78, 5) is 2.38. The molecule has 11 rings (SSSR count). The van der Waals surface area contributed by atoms with E-state index in [0.29, 0.717) is 0 Å². The predicted molar refractivity (Wildman–Crippen MR) is 212 cm³/mol. The van der Waals surface area contributed by atoms with Crippen molar-refractivity contribution >= 4 is 103 Å². The lowest BCUT2D eigenvalue weighted by Gasteiger charge is -2.26. The van der Waals surface area contributed by atoms with Crippen LogP contribution in [0.4, 0.5) is 17.1 Å². The van der Waals surface area contributed by atoms with E-state index in [1.807, 2.05) is 23.5 Å². The SMILES string of the molecule is c1ccc2c(c1)ccc1c3cccc(N(c4ccc(-c5ccc6c(c5)oc5ccccc56)cc4)c4cccc5sc6ccccc6c45)c3oc21. The van der Waals surface area contributed by atoms with Gasteiger partial charge in [-0.25, -0.2) is 0 Å². The lowest BCUT2D eigenvalue weighted by atomic mass is 10.0. The molecule has 0 aliphatic carbocycles. The number of furan rings is 2. The molecule has 234 valence electrons. The van der Waals surface area contributed by atoms with Gasteiger partial charge in [-0.1, -0.05) is 103 Å². The summed E-state index contributed by atoms with van der Waals surface area (Å²) in [6.07, 6.45) is 0. The van der Waals surface area contributed by atoms with Crippen molar-refractivity contribution in [3.05, 3.63) is 164 Å². The zero-order chi connectivity index (χ0) is 32.8. The highest BCUT2D eigenvalue weighted by molar-refractivity contribution is 7.26. The van der Waals surface area contributed by atoms with Crippen molar-refractivity contribution in [3.8, 4) is 11.1 Å². The predicted octanol–water partition coefficient (Wildman–Crippen LogP) is 14.1. The maximum Gasteiger partial charge on any atom is 0.159 e. The van der Waals surface area contributed by atoms with E-state index in [1.165, 1.54) is 25.6 Å². The molecular weight excluding hydrogens is 631 g/mol. The van der Waals surface area contributed by atoms with Crippen molar-refractivity contribution in [2.75, 3.05) is 4.90 Å². The number of anilines is 3. The molecule has 4 heteroatoms. The lowest BCUT2D eigenvalue weighted by molar-refractivity contribution is 0.669. The molecule has 0 atom stereocenters. The van der Waals surface area contributed by atoms with E-state index in [0.717, 1.165) is 77.5 Å².